The van der Waals surface area contributed by atoms with Crippen LogP contribution in [0.2, 0.25) is 0 Å². The predicted octanol–water partition coefficient (Wildman–Crippen LogP) is 3.12. The van der Waals surface area contributed by atoms with E-state index in [0.29, 0.717) is 0 Å². The van der Waals surface area contributed by atoms with Gasteiger partial charge in [-0.2, -0.15) is 0 Å². The summed E-state index contributed by atoms with van der Waals surface area (Å²) in [5, 5.41) is 0. The molecule has 2 heteroatoms. The third-order valence-corrected chi connectivity index (χ3v) is 5.51. The molecule has 1 aromatic rings. The normalized spacial score (nSPS) is 33.9. The number of benzene rings is 1. The standard InChI is InChI=1S/C18H28N2/c1-13-5-7-14(8-6-13)16-11-15-9-10-18(20(15)4)17(16)12-19(2)3/h5-8,15-18H,9-12H2,1-4H3. The van der Waals surface area contributed by atoms with E-state index in [0.717, 1.165) is 23.9 Å². The summed E-state index contributed by atoms with van der Waals surface area (Å²) in [5.41, 5.74) is 2.93. The number of hydrogen-bond acceptors (Lipinski definition) is 2. The summed E-state index contributed by atoms with van der Waals surface area (Å²) < 4.78 is 0. The summed E-state index contributed by atoms with van der Waals surface area (Å²) in [7, 11) is 6.77. The van der Waals surface area contributed by atoms with Gasteiger partial charge in [0.2, 0.25) is 0 Å². The van der Waals surface area contributed by atoms with Crippen molar-refractivity contribution in [3.63, 3.8) is 0 Å². The molecule has 2 heterocycles. The van der Waals surface area contributed by atoms with Crippen LogP contribution in [-0.2, 0) is 0 Å². The maximum Gasteiger partial charge on any atom is 0.0142 e. The van der Waals surface area contributed by atoms with Crippen molar-refractivity contribution in [3.8, 4) is 0 Å². The summed E-state index contributed by atoms with van der Waals surface area (Å²) >= 11 is 0. The Morgan fingerprint density at radius 1 is 1.15 bits per heavy atom. The molecule has 3 rings (SSSR count). The second-order valence-corrected chi connectivity index (χ2v) is 7.14. The molecule has 0 radical (unpaired) electrons. The van der Waals surface area contributed by atoms with Gasteiger partial charge >= 0.3 is 0 Å². The molecule has 2 aliphatic rings. The van der Waals surface area contributed by atoms with Gasteiger partial charge in [-0.25, -0.2) is 0 Å². The van der Waals surface area contributed by atoms with Crippen LogP contribution in [0.4, 0.5) is 0 Å². The van der Waals surface area contributed by atoms with Gasteiger partial charge in [-0.3, -0.25) is 0 Å². The van der Waals surface area contributed by atoms with Crippen molar-refractivity contribution >= 4 is 0 Å². The fourth-order valence-corrected chi connectivity index (χ4v) is 4.44. The van der Waals surface area contributed by atoms with E-state index < -0.39 is 0 Å². The lowest BCUT2D eigenvalue weighted by molar-refractivity contribution is 0.0824. The lowest BCUT2D eigenvalue weighted by atomic mass is 9.76. The molecule has 4 unspecified atom stereocenters. The average molecular weight is 272 g/mol. The van der Waals surface area contributed by atoms with Gasteiger partial charge in [0.25, 0.3) is 0 Å². The van der Waals surface area contributed by atoms with Crippen LogP contribution in [0.25, 0.3) is 0 Å². The van der Waals surface area contributed by atoms with Gasteiger partial charge in [0, 0.05) is 18.6 Å². The first-order valence-corrected chi connectivity index (χ1v) is 7.99. The maximum atomic E-state index is 2.67. The van der Waals surface area contributed by atoms with E-state index >= 15 is 0 Å². The molecule has 110 valence electrons. The fraction of sp³-hybridized carbons (Fsp3) is 0.667. The minimum Gasteiger partial charge on any atom is -0.309 e. The van der Waals surface area contributed by atoms with E-state index in [1.54, 1.807) is 5.56 Å². The number of rotatable bonds is 3. The lowest BCUT2D eigenvalue weighted by Gasteiger charge is -2.44. The Balaban J connectivity index is 1.89. The number of piperidine rings is 1. The van der Waals surface area contributed by atoms with Gasteiger partial charge in [-0.15, -0.1) is 0 Å². The molecule has 2 bridgehead atoms. The third kappa shape index (κ3) is 2.51. The highest BCUT2D eigenvalue weighted by Gasteiger charge is 2.45. The van der Waals surface area contributed by atoms with Crippen molar-refractivity contribution in [2.45, 2.75) is 44.2 Å². The Bertz CT molecular complexity index is 451. The topological polar surface area (TPSA) is 6.48 Å². The van der Waals surface area contributed by atoms with Crippen LogP contribution in [-0.4, -0.2) is 49.6 Å². The van der Waals surface area contributed by atoms with Gasteiger partial charge < -0.3 is 9.80 Å². The Kier molecular flexibility index (Phi) is 3.87. The molecule has 2 aliphatic heterocycles. The molecule has 0 amide bonds. The molecule has 0 aromatic heterocycles. The highest BCUT2D eigenvalue weighted by molar-refractivity contribution is 5.27. The highest BCUT2D eigenvalue weighted by atomic mass is 15.2. The van der Waals surface area contributed by atoms with E-state index in [4.69, 9.17) is 0 Å². The SMILES string of the molecule is Cc1ccc(C2CC3CCC(C2CN(C)C)N3C)cc1. The summed E-state index contributed by atoms with van der Waals surface area (Å²) in [6, 6.07) is 10.9. The molecule has 1 aromatic carbocycles. The first kappa shape index (κ1) is 14.1. The van der Waals surface area contributed by atoms with Gasteiger partial charge in [-0.05, 0) is 64.7 Å². The molecule has 0 aliphatic carbocycles. The second kappa shape index (κ2) is 5.50. The molecule has 0 N–H and O–H groups in total. The van der Waals surface area contributed by atoms with E-state index in [9.17, 15) is 0 Å². The Morgan fingerprint density at radius 3 is 2.50 bits per heavy atom. The highest BCUT2D eigenvalue weighted by Crippen LogP contribution is 2.46. The maximum absolute atomic E-state index is 2.67. The number of nitrogens with zero attached hydrogens (tertiary/aromatic N) is 2. The van der Waals surface area contributed by atoms with Crippen LogP contribution in [0.5, 0.6) is 0 Å². The summed E-state index contributed by atoms with van der Waals surface area (Å²) in [6.07, 6.45) is 4.13. The predicted molar refractivity (Wildman–Crippen MR) is 85.2 cm³/mol. The van der Waals surface area contributed by atoms with Gasteiger partial charge in [0.15, 0.2) is 0 Å². The zero-order chi connectivity index (χ0) is 14.3. The minimum absolute atomic E-state index is 0.742. The molecule has 0 saturated carbocycles. The van der Waals surface area contributed by atoms with Crippen LogP contribution < -0.4 is 0 Å². The molecule has 0 spiro atoms. The summed E-state index contributed by atoms with van der Waals surface area (Å²) in [5.74, 6) is 1.52. The zero-order valence-corrected chi connectivity index (χ0v) is 13.3. The first-order valence-electron chi connectivity index (χ1n) is 7.99. The molecule has 2 fully saturated rings. The van der Waals surface area contributed by atoms with Gasteiger partial charge in [-0.1, -0.05) is 29.8 Å². The monoisotopic (exact) mass is 272 g/mol. The number of hydrogen-bond donors (Lipinski definition) is 0. The number of fused-ring (bicyclic) bond motifs is 2. The smallest absolute Gasteiger partial charge is 0.0142 e. The molecular formula is C18H28N2. The van der Waals surface area contributed by atoms with E-state index in [1.807, 2.05) is 0 Å². The molecule has 2 nitrogen and oxygen atoms in total. The minimum atomic E-state index is 0.742. The van der Waals surface area contributed by atoms with Crippen LogP contribution in [0, 0.1) is 12.8 Å². The van der Waals surface area contributed by atoms with Gasteiger partial charge in [0.1, 0.15) is 0 Å². The molecule has 4 atom stereocenters. The van der Waals surface area contributed by atoms with Crippen molar-refractivity contribution in [2.24, 2.45) is 5.92 Å². The largest absolute Gasteiger partial charge is 0.309 e. The van der Waals surface area contributed by atoms with Crippen molar-refractivity contribution in [1.82, 2.24) is 9.80 Å². The van der Waals surface area contributed by atoms with Crippen LogP contribution in [0.1, 0.15) is 36.3 Å². The van der Waals surface area contributed by atoms with E-state index in [2.05, 4.69) is 62.1 Å². The average Bonchev–Trinajstić information content (AvgIpc) is 2.65. The van der Waals surface area contributed by atoms with Gasteiger partial charge in [0.05, 0.1) is 0 Å². The van der Waals surface area contributed by atoms with Crippen molar-refractivity contribution in [3.05, 3.63) is 35.4 Å². The van der Waals surface area contributed by atoms with Crippen molar-refractivity contribution in [2.75, 3.05) is 27.7 Å². The fourth-order valence-electron chi connectivity index (χ4n) is 4.44. The van der Waals surface area contributed by atoms with Crippen molar-refractivity contribution in [1.29, 1.82) is 0 Å². The van der Waals surface area contributed by atoms with E-state index in [1.165, 1.54) is 31.4 Å². The Morgan fingerprint density at radius 2 is 1.85 bits per heavy atom. The third-order valence-electron chi connectivity index (χ3n) is 5.51. The lowest BCUT2D eigenvalue weighted by Crippen LogP contribution is -2.48. The second-order valence-electron chi connectivity index (χ2n) is 7.14. The molecular weight excluding hydrogens is 244 g/mol. The summed E-state index contributed by atoms with van der Waals surface area (Å²) in [6.45, 7) is 3.39. The first-order chi connectivity index (χ1) is 9.56. The summed E-state index contributed by atoms with van der Waals surface area (Å²) in [4.78, 5) is 5.04. The zero-order valence-electron chi connectivity index (χ0n) is 13.3. The van der Waals surface area contributed by atoms with E-state index in [-0.39, 0.29) is 0 Å². The van der Waals surface area contributed by atoms with Crippen molar-refractivity contribution < 1.29 is 0 Å². The van der Waals surface area contributed by atoms with Crippen LogP contribution in [0.3, 0.4) is 0 Å². The number of aryl methyl sites for hydroxylation is 1. The quantitative estimate of drug-likeness (QED) is 0.834. The van der Waals surface area contributed by atoms with Crippen LogP contribution >= 0.6 is 0 Å². The van der Waals surface area contributed by atoms with Crippen LogP contribution in [0.15, 0.2) is 24.3 Å². The Labute approximate surface area is 123 Å². The molecule has 20 heavy (non-hydrogen) atoms. The Hall–Kier alpha value is -0.860. The molecule has 2 saturated heterocycles.